The van der Waals surface area contributed by atoms with Gasteiger partial charge in [0.2, 0.25) is 5.91 Å². The van der Waals surface area contributed by atoms with Crippen molar-refractivity contribution < 1.29 is 33.2 Å². The number of aliphatic hydroxyl groups is 1. The molecule has 1 saturated heterocycles. The molecule has 0 saturated carbocycles. The zero-order valence-electron chi connectivity index (χ0n) is 23.9. The van der Waals surface area contributed by atoms with Gasteiger partial charge in [-0.3, -0.25) is 9.69 Å². The van der Waals surface area contributed by atoms with Gasteiger partial charge in [-0.25, -0.2) is 9.37 Å². The Kier molecular flexibility index (Phi) is 10.6. The second kappa shape index (κ2) is 14.3. The fraction of sp³-hybridized carbons (Fsp3) is 0.467. The Bertz CT molecular complexity index is 1270. The number of imidazole rings is 1. The first-order valence-corrected chi connectivity index (χ1v) is 13.7. The van der Waals surface area contributed by atoms with Gasteiger partial charge in [-0.2, -0.15) is 0 Å². The minimum absolute atomic E-state index is 0.0708. The summed E-state index contributed by atoms with van der Waals surface area (Å²) in [6.07, 6.45) is 4.59. The van der Waals surface area contributed by atoms with Gasteiger partial charge < -0.3 is 33.5 Å². The zero-order chi connectivity index (χ0) is 29.2. The molecule has 0 aliphatic carbocycles. The minimum Gasteiger partial charge on any atom is -0.493 e. The molecule has 1 fully saturated rings. The number of aryl methyl sites for hydroxylation is 1. The summed E-state index contributed by atoms with van der Waals surface area (Å²) in [4.78, 5) is 20.7. The lowest BCUT2D eigenvalue weighted by molar-refractivity contribution is -0.138. The maximum absolute atomic E-state index is 13.3. The van der Waals surface area contributed by atoms with E-state index in [-0.39, 0.29) is 38.0 Å². The number of benzene rings is 2. The maximum atomic E-state index is 13.3. The highest BCUT2D eigenvalue weighted by atomic mass is 19.1. The van der Waals surface area contributed by atoms with Crippen LogP contribution in [0.2, 0.25) is 0 Å². The van der Waals surface area contributed by atoms with Crippen LogP contribution in [0, 0.1) is 5.82 Å². The molecule has 1 aliphatic heterocycles. The van der Waals surface area contributed by atoms with Gasteiger partial charge in [0, 0.05) is 52.1 Å². The number of ether oxygens (including phenoxy) is 4. The van der Waals surface area contributed by atoms with E-state index in [1.165, 1.54) is 31.4 Å². The molecule has 1 amide bonds. The van der Waals surface area contributed by atoms with Crippen molar-refractivity contribution in [2.75, 3.05) is 60.2 Å². The zero-order valence-corrected chi connectivity index (χ0v) is 23.9. The van der Waals surface area contributed by atoms with Crippen molar-refractivity contribution in [3.8, 4) is 17.2 Å². The van der Waals surface area contributed by atoms with Gasteiger partial charge in [0.15, 0.2) is 11.5 Å². The standard InChI is InChI=1S/C30H39FN4O6/c1-4-28-32-11-12-34(28)15-16-40-26-10-5-23(17-27(26)39-3)18-33-13-14-35(29(36)19-38-2)21-30(37,20-33)22-41-25-8-6-24(31)7-9-25/h5-12,17,37H,4,13-16,18-22H2,1-3H3/t30-/m0/s1. The second-order valence-corrected chi connectivity index (χ2v) is 10.1. The molecule has 1 N–H and O–H groups in total. The first-order valence-electron chi connectivity index (χ1n) is 13.7. The molecule has 4 rings (SSSR count). The van der Waals surface area contributed by atoms with Crippen LogP contribution in [0.15, 0.2) is 54.9 Å². The van der Waals surface area contributed by atoms with Crippen LogP contribution in [0.4, 0.5) is 4.39 Å². The van der Waals surface area contributed by atoms with Crippen molar-refractivity contribution in [2.45, 2.75) is 32.0 Å². The number of nitrogens with zero attached hydrogens (tertiary/aromatic N) is 4. The molecule has 3 aromatic rings. The van der Waals surface area contributed by atoms with E-state index in [0.717, 1.165) is 17.8 Å². The van der Waals surface area contributed by atoms with Crippen LogP contribution in [0.1, 0.15) is 18.3 Å². The molecular formula is C30H39FN4O6. The number of aromatic nitrogens is 2. The highest BCUT2D eigenvalue weighted by Gasteiger charge is 2.37. The van der Waals surface area contributed by atoms with E-state index in [2.05, 4.69) is 21.4 Å². The number of β-amino-alcohol motifs (C(OH)–C–C–N with tert-alkyl or cyclic N) is 1. The van der Waals surface area contributed by atoms with Gasteiger partial charge in [0.05, 0.1) is 20.2 Å². The number of methoxy groups -OCH3 is 2. The van der Waals surface area contributed by atoms with Crippen molar-refractivity contribution in [3.05, 3.63) is 72.1 Å². The molecule has 222 valence electrons. The Labute approximate surface area is 240 Å². The summed E-state index contributed by atoms with van der Waals surface area (Å²) in [7, 11) is 3.07. The molecule has 11 heteroatoms. The summed E-state index contributed by atoms with van der Waals surface area (Å²) in [5.41, 5.74) is -0.401. The average molecular weight is 571 g/mol. The lowest BCUT2D eigenvalue weighted by Crippen LogP contribution is -2.52. The van der Waals surface area contributed by atoms with Gasteiger partial charge in [-0.1, -0.05) is 13.0 Å². The molecule has 41 heavy (non-hydrogen) atoms. The quantitative estimate of drug-likeness (QED) is 0.335. The summed E-state index contributed by atoms with van der Waals surface area (Å²) in [5, 5.41) is 11.6. The van der Waals surface area contributed by atoms with Crippen LogP contribution in [-0.4, -0.2) is 96.2 Å². The normalized spacial score (nSPS) is 17.7. The highest BCUT2D eigenvalue weighted by Crippen LogP contribution is 2.29. The van der Waals surface area contributed by atoms with E-state index in [4.69, 9.17) is 18.9 Å². The third kappa shape index (κ3) is 8.42. The van der Waals surface area contributed by atoms with E-state index in [1.54, 1.807) is 18.2 Å². The van der Waals surface area contributed by atoms with E-state index in [0.29, 0.717) is 50.0 Å². The maximum Gasteiger partial charge on any atom is 0.248 e. The Morgan fingerprint density at radius 3 is 2.61 bits per heavy atom. The molecule has 0 bridgehead atoms. The molecule has 0 unspecified atom stereocenters. The predicted octanol–water partition coefficient (Wildman–Crippen LogP) is 2.77. The van der Waals surface area contributed by atoms with Gasteiger partial charge in [-0.15, -0.1) is 0 Å². The number of hydrogen-bond donors (Lipinski definition) is 1. The lowest BCUT2D eigenvalue weighted by atomic mass is 10.0. The summed E-state index contributed by atoms with van der Waals surface area (Å²) in [6, 6.07) is 11.4. The first-order chi connectivity index (χ1) is 19.8. The SMILES string of the molecule is CCc1nccn1CCOc1ccc(CN2CCN(C(=O)COC)C[C@](O)(COc3ccc(F)cc3)C2)cc1OC. The van der Waals surface area contributed by atoms with Crippen molar-refractivity contribution in [1.82, 2.24) is 19.4 Å². The Morgan fingerprint density at radius 1 is 1.07 bits per heavy atom. The summed E-state index contributed by atoms with van der Waals surface area (Å²) >= 11 is 0. The van der Waals surface area contributed by atoms with Crippen LogP contribution in [-0.2, 0) is 29.0 Å². The Hall–Kier alpha value is -3.67. The first kappa shape index (κ1) is 30.3. The number of amides is 1. The largest absolute Gasteiger partial charge is 0.493 e. The van der Waals surface area contributed by atoms with Crippen molar-refractivity contribution in [2.24, 2.45) is 0 Å². The van der Waals surface area contributed by atoms with Gasteiger partial charge in [0.1, 0.15) is 42.8 Å². The van der Waals surface area contributed by atoms with Gasteiger partial charge in [0.25, 0.3) is 0 Å². The second-order valence-electron chi connectivity index (χ2n) is 10.1. The summed E-state index contributed by atoms with van der Waals surface area (Å²) in [6.45, 7) is 4.89. The molecule has 1 aromatic heterocycles. The van der Waals surface area contributed by atoms with Crippen LogP contribution in [0.5, 0.6) is 17.2 Å². The molecular weight excluding hydrogens is 531 g/mol. The van der Waals surface area contributed by atoms with Crippen molar-refractivity contribution in [1.29, 1.82) is 0 Å². The monoisotopic (exact) mass is 570 g/mol. The predicted molar refractivity (Wildman–Crippen MR) is 151 cm³/mol. The topological polar surface area (TPSA) is 98.5 Å². The van der Waals surface area contributed by atoms with Crippen molar-refractivity contribution >= 4 is 5.91 Å². The molecule has 10 nitrogen and oxygen atoms in total. The highest BCUT2D eigenvalue weighted by molar-refractivity contribution is 5.77. The molecule has 0 radical (unpaired) electrons. The summed E-state index contributed by atoms with van der Waals surface area (Å²) in [5.74, 6) is 2.13. The van der Waals surface area contributed by atoms with Crippen LogP contribution >= 0.6 is 0 Å². The number of hydrogen-bond acceptors (Lipinski definition) is 8. The van der Waals surface area contributed by atoms with Crippen LogP contribution in [0.3, 0.4) is 0 Å². The van der Waals surface area contributed by atoms with E-state index in [9.17, 15) is 14.3 Å². The Balaban J connectivity index is 1.43. The number of carbonyl (C=O) groups is 1. The average Bonchev–Trinajstić information content (AvgIpc) is 3.35. The molecule has 0 spiro atoms. The third-order valence-corrected chi connectivity index (χ3v) is 6.97. The molecule has 2 aromatic carbocycles. The summed E-state index contributed by atoms with van der Waals surface area (Å²) < 4.78 is 37.9. The van der Waals surface area contributed by atoms with E-state index < -0.39 is 5.60 Å². The number of carbonyl (C=O) groups excluding carboxylic acids is 1. The lowest BCUT2D eigenvalue weighted by Gasteiger charge is -2.33. The number of rotatable bonds is 13. The van der Waals surface area contributed by atoms with Crippen molar-refractivity contribution in [3.63, 3.8) is 0 Å². The van der Waals surface area contributed by atoms with E-state index >= 15 is 0 Å². The number of halogens is 1. The van der Waals surface area contributed by atoms with E-state index in [1.807, 2.05) is 24.4 Å². The molecule has 1 atom stereocenters. The van der Waals surface area contributed by atoms with Gasteiger partial charge >= 0.3 is 0 Å². The minimum atomic E-state index is -1.37. The van der Waals surface area contributed by atoms with Gasteiger partial charge in [-0.05, 0) is 42.0 Å². The molecule has 1 aliphatic rings. The fourth-order valence-corrected chi connectivity index (χ4v) is 4.94. The van der Waals surface area contributed by atoms with Crippen LogP contribution < -0.4 is 14.2 Å². The van der Waals surface area contributed by atoms with Crippen LogP contribution in [0.25, 0.3) is 0 Å². The fourth-order valence-electron chi connectivity index (χ4n) is 4.94. The third-order valence-electron chi connectivity index (χ3n) is 6.97. The smallest absolute Gasteiger partial charge is 0.248 e. The molecule has 2 heterocycles. The Morgan fingerprint density at radius 2 is 1.88 bits per heavy atom.